The Morgan fingerprint density at radius 1 is 1.82 bits per heavy atom. The minimum Gasteiger partial charge on any atom is -0.383 e. The molecule has 0 bridgehead atoms. The summed E-state index contributed by atoms with van der Waals surface area (Å²) in [5.74, 6) is 0.442. The molecule has 1 heterocycles. The molecule has 0 spiro atoms. The molecule has 2 radical (unpaired) electrons. The number of nitrogens with one attached hydrogen (secondary N) is 1. The quantitative estimate of drug-likeness (QED) is 0.444. The van der Waals surface area contributed by atoms with Crippen LogP contribution in [0.1, 0.15) is 13.3 Å². The first-order chi connectivity index (χ1) is 5.24. The molecule has 0 aromatic heterocycles. The van der Waals surface area contributed by atoms with Gasteiger partial charge in [0.2, 0.25) is 6.41 Å². The van der Waals surface area contributed by atoms with E-state index in [1.54, 1.807) is 0 Å². The topological polar surface area (TPSA) is 38.3 Å². The maximum atomic E-state index is 9.95. The number of hydrogen-bond acceptors (Lipinski definition) is 2. The lowest BCUT2D eigenvalue weighted by Crippen LogP contribution is -2.29. The molecule has 60 valence electrons. The zero-order valence-electron chi connectivity index (χ0n) is 6.62. The second kappa shape index (κ2) is 3.76. The third kappa shape index (κ3) is 2.22. The lowest BCUT2D eigenvalue weighted by molar-refractivity contribution is -0.110. The molecule has 3 atom stereocenters. The first-order valence-electron chi connectivity index (χ1n) is 3.82. The van der Waals surface area contributed by atoms with E-state index in [1.165, 1.54) is 0 Å². The normalized spacial score (nSPS) is 37.0. The number of ether oxygens (including phenoxy) is 1. The molecule has 4 heteroatoms. The fourth-order valence-electron chi connectivity index (χ4n) is 1.35. The SMILES string of the molecule is [B]C1CC(C)C(CNC=O)O1. The van der Waals surface area contributed by atoms with Crippen molar-refractivity contribution in [3.63, 3.8) is 0 Å². The zero-order valence-corrected chi connectivity index (χ0v) is 6.62. The summed E-state index contributed by atoms with van der Waals surface area (Å²) in [6, 6.07) is -0.150. The largest absolute Gasteiger partial charge is 0.383 e. The van der Waals surface area contributed by atoms with Crippen molar-refractivity contribution in [2.24, 2.45) is 5.92 Å². The molecular weight excluding hydrogens is 141 g/mol. The summed E-state index contributed by atoms with van der Waals surface area (Å²) >= 11 is 0. The summed E-state index contributed by atoms with van der Waals surface area (Å²) in [7, 11) is 5.55. The van der Waals surface area contributed by atoms with E-state index >= 15 is 0 Å². The van der Waals surface area contributed by atoms with E-state index in [0.717, 1.165) is 6.42 Å². The summed E-state index contributed by atoms with van der Waals surface area (Å²) < 4.78 is 5.33. The molecule has 1 fully saturated rings. The van der Waals surface area contributed by atoms with Crippen molar-refractivity contribution < 1.29 is 9.53 Å². The van der Waals surface area contributed by atoms with Crippen LogP contribution in [-0.2, 0) is 9.53 Å². The van der Waals surface area contributed by atoms with Crippen LogP contribution in [0.15, 0.2) is 0 Å². The van der Waals surface area contributed by atoms with Crippen molar-refractivity contribution in [2.45, 2.75) is 25.5 Å². The first-order valence-corrected chi connectivity index (χ1v) is 3.82. The van der Waals surface area contributed by atoms with E-state index in [-0.39, 0.29) is 12.1 Å². The van der Waals surface area contributed by atoms with Crippen LogP contribution < -0.4 is 5.32 Å². The van der Waals surface area contributed by atoms with Gasteiger partial charge in [-0.25, -0.2) is 0 Å². The molecule has 3 unspecified atom stereocenters. The third-order valence-corrected chi connectivity index (χ3v) is 1.99. The Bertz CT molecular complexity index is 142. The van der Waals surface area contributed by atoms with Gasteiger partial charge in [-0.15, -0.1) is 0 Å². The van der Waals surface area contributed by atoms with E-state index in [1.807, 2.05) is 0 Å². The Morgan fingerprint density at radius 2 is 2.55 bits per heavy atom. The van der Waals surface area contributed by atoms with Gasteiger partial charge in [-0.1, -0.05) is 6.92 Å². The van der Waals surface area contributed by atoms with Crippen LogP contribution in [0.5, 0.6) is 0 Å². The molecule has 0 aromatic carbocycles. The molecular formula is C7H12BNO2. The van der Waals surface area contributed by atoms with E-state index in [9.17, 15) is 4.79 Å². The lowest BCUT2D eigenvalue weighted by Gasteiger charge is -2.13. The average molecular weight is 153 g/mol. The highest BCUT2D eigenvalue weighted by molar-refractivity contribution is 6.11. The van der Waals surface area contributed by atoms with Crippen molar-refractivity contribution in [2.75, 3.05) is 6.54 Å². The Balaban J connectivity index is 2.28. The summed E-state index contributed by atoms with van der Waals surface area (Å²) in [6.07, 6.45) is 1.65. The molecule has 0 aliphatic carbocycles. The standard InChI is InChI=1S/C7H12BNO2/c1-5-2-7(8)11-6(5)3-9-4-10/h4-7H,2-3H2,1H3,(H,9,10). The van der Waals surface area contributed by atoms with Gasteiger partial charge in [0.1, 0.15) is 7.85 Å². The predicted octanol–water partition coefficient (Wildman–Crippen LogP) is -0.348. The average Bonchev–Trinajstić information content (AvgIpc) is 2.26. The third-order valence-electron chi connectivity index (χ3n) is 1.99. The lowest BCUT2D eigenvalue weighted by atomic mass is 9.92. The van der Waals surface area contributed by atoms with Crippen LogP contribution in [0.25, 0.3) is 0 Å². The van der Waals surface area contributed by atoms with Gasteiger partial charge in [-0.05, 0) is 12.3 Å². The van der Waals surface area contributed by atoms with Crippen molar-refractivity contribution >= 4 is 14.3 Å². The van der Waals surface area contributed by atoms with Crippen molar-refractivity contribution in [1.82, 2.24) is 5.32 Å². The Kier molecular flexibility index (Phi) is 2.94. The van der Waals surface area contributed by atoms with Crippen molar-refractivity contribution in [3.05, 3.63) is 0 Å². The van der Waals surface area contributed by atoms with Crippen LogP contribution in [-0.4, -0.2) is 32.9 Å². The molecule has 11 heavy (non-hydrogen) atoms. The molecule has 1 N–H and O–H groups in total. The second-order valence-electron chi connectivity index (χ2n) is 2.95. The molecule has 1 aliphatic rings. The highest BCUT2D eigenvalue weighted by atomic mass is 16.5. The Morgan fingerprint density at radius 3 is 3.00 bits per heavy atom. The number of rotatable bonds is 3. The highest BCUT2D eigenvalue weighted by Gasteiger charge is 2.28. The van der Waals surface area contributed by atoms with Crippen LogP contribution in [0.2, 0.25) is 0 Å². The summed E-state index contributed by atoms with van der Waals surface area (Å²) in [4.78, 5) is 9.95. The second-order valence-corrected chi connectivity index (χ2v) is 2.95. The molecule has 0 aromatic rings. The van der Waals surface area contributed by atoms with E-state index in [4.69, 9.17) is 12.6 Å². The van der Waals surface area contributed by atoms with Crippen molar-refractivity contribution in [3.8, 4) is 0 Å². The fraction of sp³-hybridized carbons (Fsp3) is 0.857. The monoisotopic (exact) mass is 153 g/mol. The van der Waals surface area contributed by atoms with Gasteiger partial charge < -0.3 is 10.1 Å². The molecule has 1 amide bonds. The Labute approximate surface area is 67.9 Å². The maximum absolute atomic E-state index is 9.95. The number of amides is 1. The van der Waals surface area contributed by atoms with E-state index in [2.05, 4.69) is 12.2 Å². The van der Waals surface area contributed by atoms with Gasteiger partial charge in [0.15, 0.2) is 0 Å². The molecule has 1 aliphatic heterocycles. The molecule has 1 rings (SSSR count). The van der Waals surface area contributed by atoms with Gasteiger partial charge in [-0.2, -0.15) is 0 Å². The van der Waals surface area contributed by atoms with Gasteiger partial charge >= 0.3 is 0 Å². The molecule has 3 nitrogen and oxygen atoms in total. The van der Waals surface area contributed by atoms with Gasteiger partial charge in [0.25, 0.3) is 0 Å². The van der Waals surface area contributed by atoms with E-state index in [0.29, 0.717) is 18.9 Å². The summed E-state index contributed by atoms with van der Waals surface area (Å²) in [6.45, 7) is 2.64. The van der Waals surface area contributed by atoms with E-state index < -0.39 is 0 Å². The minimum atomic E-state index is -0.150. The van der Waals surface area contributed by atoms with Crippen LogP contribution >= 0.6 is 0 Å². The van der Waals surface area contributed by atoms with Crippen LogP contribution in [0.4, 0.5) is 0 Å². The number of carbonyl (C=O) groups excluding carboxylic acids is 1. The first kappa shape index (κ1) is 8.59. The van der Waals surface area contributed by atoms with Crippen LogP contribution in [0.3, 0.4) is 0 Å². The van der Waals surface area contributed by atoms with Crippen molar-refractivity contribution in [1.29, 1.82) is 0 Å². The summed E-state index contributed by atoms with van der Waals surface area (Å²) in [5, 5.41) is 2.58. The van der Waals surface area contributed by atoms with Crippen LogP contribution in [0, 0.1) is 5.92 Å². The molecule has 1 saturated heterocycles. The number of hydrogen-bond donors (Lipinski definition) is 1. The minimum absolute atomic E-state index is 0.0928. The highest BCUT2D eigenvalue weighted by Crippen LogP contribution is 2.23. The molecule has 0 saturated carbocycles. The Hall–Kier alpha value is -0.505. The number of carbonyl (C=O) groups is 1. The summed E-state index contributed by atoms with van der Waals surface area (Å²) in [5.41, 5.74) is 0. The van der Waals surface area contributed by atoms with Gasteiger partial charge in [0, 0.05) is 12.5 Å². The fourth-order valence-corrected chi connectivity index (χ4v) is 1.35. The zero-order chi connectivity index (χ0) is 8.27. The van der Waals surface area contributed by atoms with Gasteiger partial charge in [-0.3, -0.25) is 4.79 Å². The predicted molar refractivity (Wildman–Crippen MR) is 42.3 cm³/mol. The maximum Gasteiger partial charge on any atom is 0.207 e. The van der Waals surface area contributed by atoms with Gasteiger partial charge in [0.05, 0.1) is 6.10 Å². The smallest absolute Gasteiger partial charge is 0.207 e.